The lowest BCUT2D eigenvalue weighted by molar-refractivity contribution is -0.144. The molecule has 8 heteroatoms. The third-order valence-corrected chi connectivity index (χ3v) is 3.80. The van der Waals surface area contributed by atoms with Gasteiger partial charge in [-0.1, -0.05) is 19.4 Å². The van der Waals surface area contributed by atoms with Gasteiger partial charge in [-0.2, -0.15) is 0 Å². The average Bonchev–Trinajstić information content (AvgIpc) is 2.65. The van der Waals surface area contributed by atoms with Crippen molar-refractivity contribution in [1.29, 1.82) is 0 Å². The number of amides is 1. The summed E-state index contributed by atoms with van der Waals surface area (Å²) < 4.78 is 15.8. The van der Waals surface area contributed by atoms with Crippen LogP contribution in [-0.2, 0) is 20.9 Å². The number of hydrogen-bond donors (Lipinski definition) is 2. The summed E-state index contributed by atoms with van der Waals surface area (Å²) in [7, 11) is 1.59. The lowest BCUT2D eigenvalue weighted by Gasteiger charge is -2.13. The Bertz CT molecular complexity index is 637. The summed E-state index contributed by atoms with van der Waals surface area (Å²) in [5.74, 6) is 0.608. The molecule has 0 aromatic heterocycles. The summed E-state index contributed by atoms with van der Waals surface area (Å²) in [5, 5.41) is 5.69. The molecular formula is C19H28N2O5S. The molecule has 1 rings (SSSR count). The third-order valence-electron chi connectivity index (χ3n) is 3.55. The first-order chi connectivity index (χ1) is 13.0. The van der Waals surface area contributed by atoms with E-state index >= 15 is 0 Å². The minimum atomic E-state index is -0.403. The highest BCUT2D eigenvalue weighted by Crippen LogP contribution is 2.28. The number of rotatable bonds is 11. The Hall–Kier alpha value is -2.35. The van der Waals surface area contributed by atoms with Crippen LogP contribution in [0.5, 0.6) is 11.5 Å². The first-order valence-electron chi connectivity index (χ1n) is 9.03. The Balaban J connectivity index is 2.44. The molecule has 0 aliphatic heterocycles. The van der Waals surface area contributed by atoms with Crippen LogP contribution < -0.4 is 20.1 Å². The fourth-order valence-electron chi connectivity index (χ4n) is 2.13. The Morgan fingerprint density at radius 1 is 1.15 bits per heavy atom. The van der Waals surface area contributed by atoms with Crippen molar-refractivity contribution in [1.82, 2.24) is 10.6 Å². The minimum Gasteiger partial charge on any atom is -0.493 e. The van der Waals surface area contributed by atoms with Crippen LogP contribution in [0.15, 0.2) is 18.2 Å². The van der Waals surface area contributed by atoms with Crippen molar-refractivity contribution >= 4 is 29.2 Å². The highest BCUT2D eigenvalue weighted by molar-refractivity contribution is 7.80. The number of carbonyl (C=O) groups is 2. The quantitative estimate of drug-likeness (QED) is 0.338. The van der Waals surface area contributed by atoms with Crippen molar-refractivity contribution in [3.63, 3.8) is 0 Å². The van der Waals surface area contributed by atoms with Crippen molar-refractivity contribution < 1.29 is 23.8 Å². The Labute approximate surface area is 165 Å². The van der Waals surface area contributed by atoms with E-state index in [4.69, 9.17) is 26.4 Å². The van der Waals surface area contributed by atoms with Crippen molar-refractivity contribution in [2.75, 3.05) is 20.3 Å². The zero-order valence-corrected chi connectivity index (χ0v) is 16.9. The van der Waals surface area contributed by atoms with Crippen LogP contribution in [0.3, 0.4) is 0 Å². The van der Waals surface area contributed by atoms with Crippen LogP contribution in [0.25, 0.3) is 0 Å². The van der Waals surface area contributed by atoms with E-state index in [2.05, 4.69) is 17.6 Å². The fourth-order valence-corrected chi connectivity index (χ4v) is 2.32. The van der Waals surface area contributed by atoms with Gasteiger partial charge >= 0.3 is 5.97 Å². The molecule has 0 unspecified atom stereocenters. The van der Waals surface area contributed by atoms with Gasteiger partial charge in [-0.25, -0.2) is 0 Å². The van der Waals surface area contributed by atoms with Crippen LogP contribution in [0.2, 0.25) is 0 Å². The van der Waals surface area contributed by atoms with Crippen LogP contribution in [-0.4, -0.2) is 37.3 Å². The molecule has 0 fully saturated rings. The summed E-state index contributed by atoms with van der Waals surface area (Å²) in [6, 6.07) is 5.62. The van der Waals surface area contributed by atoms with E-state index in [1.54, 1.807) is 14.0 Å². The minimum absolute atomic E-state index is 0.0261. The second kappa shape index (κ2) is 12.9. The highest BCUT2D eigenvalue weighted by Gasteiger charge is 2.10. The fraction of sp³-hybridized carbons (Fsp3) is 0.526. The van der Waals surface area contributed by atoms with E-state index < -0.39 is 5.97 Å². The zero-order chi connectivity index (χ0) is 20.1. The number of esters is 1. The maximum Gasteiger partial charge on any atom is 0.306 e. The van der Waals surface area contributed by atoms with Gasteiger partial charge in [0.1, 0.15) is 0 Å². The lowest BCUT2D eigenvalue weighted by Crippen LogP contribution is -2.39. The number of hydrogen-bond acceptors (Lipinski definition) is 6. The summed E-state index contributed by atoms with van der Waals surface area (Å²) >= 11 is 5.10. The monoisotopic (exact) mass is 396 g/mol. The van der Waals surface area contributed by atoms with Gasteiger partial charge in [0.05, 0.1) is 26.7 Å². The number of nitrogens with one attached hydrogen (secondary N) is 2. The predicted molar refractivity (Wildman–Crippen MR) is 107 cm³/mol. The number of benzene rings is 1. The van der Waals surface area contributed by atoms with Crippen LogP contribution in [0.4, 0.5) is 0 Å². The maximum atomic E-state index is 11.8. The number of methoxy groups -OCH3 is 1. The summed E-state index contributed by atoms with van der Waals surface area (Å²) in [4.78, 5) is 23.0. The van der Waals surface area contributed by atoms with Crippen LogP contribution >= 0.6 is 12.2 Å². The van der Waals surface area contributed by atoms with E-state index in [1.807, 2.05) is 18.2 Å². The lowest BCUT2D eigenvalue weighted by atomic mass is 10.2. The molecule has 0 bridgehead atoms. The largest absolute Gasteiger partial charge is 0.493 e. The van der Waals surface area contributed by atoms with Gasteiger partial charge < -0.3 is 24.8 Å². The number of thiocarbonyl (C=S) groups is 1. The van der Waals surface area contributed by atoms with E-state index in [-0.39, 0.29) is 23.9 Å². The standard InChI is InChI=1S/C19H28N2O5S/c1-4-6-11-26-15-8-7-14(12-16(15)24-3)13-20-19(27)21-17(22)9-10-18(23)25-5-2/h7-8,12H,4-6,9-11,13H2,1-3H3,(H2,20,21,22,27). The highest BCUT2D eigenvalue weighted by atomic mass is 32.1. The normalized spacial score (nSPS) is 10.0. The molecule has 0 saturated carbocycles. The smallest absolute Gasteiger partial charge is 0.306 e. The topological polar surface area (TPSA) is 85.9 Å². The second-order valence-corrected chi connectivity index (χ2v) is 6.13. The summed E-state index contributed by atoms with van der Waals surface area (Å²) in [6.45, 7) is 5.19. The molecule has 0 spiro atoms. The van der Waals surface area contributed by atoms with Crippen molar-refractivity contribution in [2.24, 2.45) is 0 Å². The predicted octanol–water partition coefficient (Wildman–Crippen LogP) is 2.71. The van der Waals surface area contributed by atoms with Crippen molar-refractivity contribution in [2.45, 2.75) is 46.1 Å². The molecule has 0 aliphatic carbocycles. The second-order valence-electron chi connectivity index (χ2n) is 5.72. The first kappa shape index (κ1) is 22.7. The molecular weight excluding hydrogens is 368 g/mol. The van der Waals surface area contributed by atoms with Gasteiger partial charge in [0.15, 0.2) is 16.6 Å². The molecule has 27 heavy (non-hydrogen) atoms. The van der Waals surface area contributed by atoms with Gasteiger partial charge in [-0.15, -0.1) is 0 Å². The van der Waals surface area contributed by atoms with Crippen LogP contribution in [0.1, 0.15) is 45.1 Å². The van der Waals surface area contributed by atoms with E-state index in [9.17, 15) is 9.59 Å². The number of carbonyl (C=O) groups excluding carboxylic acids is 2. The van der Waals surface area contributed by atoms with Crippen molar-refractivity contribution in [3.8, 4) is 11.5 Å². The first-order valence-corrected chi connectivity index (χ1v) is 9.44. The van der Waals surface area contributed by atoms with E-state index in [0.717, 1.165) is 18.4 Å². The van der Waals surface area contributed by atoms with Crippen LogP contribution in [0, 0.1) is 0 Å². The molecule has 2 N–H and O–H groups in total. The molecule has 0 heterocycles. The van der Waals surface area contributed by atoms with Gasteiger partial charge in [-0.05, 0) is 43.3 Å². The Morgan fingerprint density at radius 3 is 2.59 bits per heavy atom. The molecule has 0 saturated heterocycles. The van der Waals surface area contributed by atoms with Crippen molar-refractivity contribution in [3.05, 3.63) is 23.8 Å². The molecule has 0 aliphatic rings. The van der Waals surface area contributed by atoms with E-state index in [0.29, 0.717) is 31.3 Å². The Kier molecular flexibility index (Phi) is 10.9. The SMILES string of the molecule is CCCCOc1ccc(CNC(=S)NC(=O)CCC(=O)OCC)cc1OC. The number of unbranched alkanes of at least 4 members (excludes halogenated alkanes) is 1. The van der Waals surface area contributed by atoms with Gasteiger partial charge in [-0.3, -0.25) is 9.59 Å². The Morgan fingerprint density at radius 2 is 1.93 bits per heavy atom. The zero-order valence-electron chi connectivity index (χ0n) is 16.1. The van der Waals surface area contributed by atoms with Gasteiger partial charge in [0.25, 0.3) is 0 Å². The van der Waals surface area contributed by atoms with Gasteiger partial charge in [0, 0.05) is 13.0 Å². The third kappa shape index (κ3) is 9.23. The molecule has 150 valence electrons. The van der Waals surface area contributed by atoms with E-state index in [1.165, 1.54) is 0 Å². The summed E-state index contributed by atoms with van der Waals surface area (Å²) in [6.07, 6.45) is 2.10. The molecule has 0 atom stereocenters. The molecule has 1 aromatic carbocycles. The molecule has 1 amide bonds. The average molecular weight is 397 g/mol. The maximum absolute atomic E-state index is 11.8. The molecule has 1 aromatic rings. The summed E-state index contributed by atoms with van der Waals surface area (Å²) in [5.41, 5.74) is 0.929. The van der Waals surface area contributed by atoms with Gasteiger partial charge in [0.2, 0.25) is 5.91 Å². The number of ether oxygens (including phenoxy) is 3. The molecule has 0 radical (unpaired) electrons. The molecule has 7 nitrogen and oxygen atoms in total.